The Kier molecular flexibility index (Phi) is 3.26. The summed E-state index contributed by atoms with van der Waals surface area (Å²) in [4.78, 5) is 19.8. The summed E-state index contributed by atoms with van der Waals surface area (Å²) in [5.41, 5.74) is 2.69. The lowest BCUT2D eigenvalue weighted by molar-refractivity contribution is -0.383. The van der Waals surface area contributed by atoms with Gasteiger partial charge in [0.05, 0.1) is 22.4 Å². The molecular formula is C13H10N4O2S. The quantitative estimate of drug-likeness (QED) is 0.588. The number of nitrogens with one attached hydrogen (secondary N) is 1. The number of fused-ring (bicyclic) bond motifs is 1. The molecule has 0 radical (unpaired) electrons. The van der Waals surface area contributed by atoms with Crippen molar-refractivity contribution in [3.63, 3.8) is 0 Å². The molecule has 1 aromatic carbocycles. The SMILES string of the molecule is O=[N+]([O-])c1ccc(NCc2cncs2)c2cnccc12. The number of anilines is 1. The second kappa shape index (κ2) is 5.22. The molecule has 20 heavy (non-hydrogen) atoms. The van der Waals surface area contributed by atoms with Crippen molar-refractivity contribution < 1.29 is 4.92 Å². The highest BCUT2D eigenvalue weighted by Gasteiger charge is 2.14. The minimum absolute atomic E-state index is 0.0886. The molecule has 0 aliphatic carbocycles. The molecule has 3 rings (SSSR count). The number of benzene rings is 1. The lowest BCUT2D eigenvalue weighted by Gasteiger charge is -2.08. The molecule has 2 heterocycles. The molecule has 2 aromatic heterocycles. The average Bonchev–Trinajstić information content (AvgIpc) is 2.97. The third kappa shape index (κ3) is 2.30. The zero-order chi connectivity index (χ0) is 13.9. The van der Waals surface area contributed by atoms with Crippen molar-refractivity contribution in [2.75, 3.05) is 5.32 Å². The van der Waals surface area contributed by atoms with E-state index in [1.54, 1.807) is 47.6 Å². The number of hydrogen-bond donors (Lipinski definition) is 1. The monoisotopic (exact) mass is 286 g/mol. The summed E-state index contributed by atoms with van der Waals surface area (Å²) in [5.74, 6) is 0. The van der Waals surface area contributed by atoms with Crippen LogP contribution in [-0.4, -0.2) is 14.9 Å². The lowest BCUT2D eigenvalue weighted by Crippen LogP contribution is -1.99. The van der Waals surface area contributed by atoms with E-state index in [-0.39, 0.29) is 10.6 Å². The Morgan fingerprint density at radius 3 is 2.85 bits per heavy atom. The molecule has 0 saturated heterocycles. The van der Waals surface area contributed by atoms with Crippen LogP contribution in [0.25, 0.3) is 10.8 Å². The largest absolute Gasteiger partial charge is 0.380 e. The minimum atomic E-state index is -0.380. The maximum Gasteiger partial charge on any atom is 0.277 e. The molecule has 0 aliphatic rings. The standard InChI is InChI=1S/C13H10N4O2S/c18-17(19)13-2-1-12(11-7-14-4-3-10(11)13)16-6-9-5-15-8-20-9/h1-5,7-8,16H,6H2. The number of nitro benzene ring substituents is 1. The normalized spacial score (nSPS) is 10.6. The van der Waals surface area contributed by atoms with Gasteiger partial charge in [0, 0.05) is 40.6 Å². The van der Waals surface area contributed by atoms with Gasteiger partial charge in [-0.25, -0.2) is 0 Å². The van der Waals surface area contributed by atoms with Gasteiger partial charge >= 0.3 is 0 Å². The molecule has 100 valence electrons. The van der Waals surface area contributed by atoms with Crippen molar-refractivity contribution in [3.8, 4) is 0 Å². The number of pyridine rings is 1. The van der Waals surface area contributed by atoms with Crippen molar-refractivity contribution in [2.45, 2.75) is 6.54 Å². The van der Waals surface area contributed by atoms with Crippen LogP contribution in [0.3, 0.4) is 0 Å². The Morgan fingerprint density at radius 2 is 2.10 bits per heavy atom. The molecule has 0 atom stereocenters. The predicted molar refractivity (Wildman–Crippen MR) is 77.8 cm³/mol. The number of hydrogen-bond acceptors (Lipinski definition) is 6. The van der Waals surface area contributed by atoms with Crippen LogP contribution in [0.4, 0.5) is 11.4 Å². The van der Waals surface area contributed by atoms with Crippen LogP contribution in [0.2, 0.25) is 0 Å². The van der Waals surface area contributed by atoms with Crippen molar-refractivity contribution in [1.82, 2.24) is 9.97 Å². The summed E-state index contributed by atoms with van der Waals surface area (Å²) in [6.07, 6.45) is 4.99. The van der Waals surface area contributed by atoms with Crippen LogP contribution in [0.5, 0.6) is 0 Å². The van der Waals surface area contributed by atoms with E-state index < -0.39 is 0 Å². The third-order valence-corrected chi connectivity index (χ3v) is 3.71. The molecule has 0 aliphatic heterocycles. The van der Waals surface area contributed by atoms with Gasteiger partial charge in [0.2, 0.25) is 0 Å². The maximum absolute atomic E-state index is 11.0. The third-order valence-electron chi connectivity index (χ3n) is 2.93. The van der Waals surface area contributed by atoms with Crippen molar-refractivity contribution in [3.05, 3.63) is 57.3 Å². The zero-order valence-electron chi connectivity index (χ0n) is 10.3. The fourth-order valence-corrected chi connectivity index (χ4v) is 2.53. The molecule has 0 amide bonds. The van der Waals surface area contributed by atoms with E-state index in [9.17, 15) is 10.1 Å². The van der Waals surface area contributed by atoms with Gasteiger partial charge in [-0.3, -0.25) is 20.1 Å². The first-order chi connectivity index (χ1) is 9.75. The van der Waals surface area contributed by atoms with E-state index >= 15 is 0 Å². The van der Waals surface area contributed by atoms with Crippen LogP contribution in [0.1, 0.15) is 4.88 Å². The fraction of sp³-hybridized carbons (Fsp3) is 0.0769. The van der Waals surface area contributed by atoms with E-state index in [0.29, 0.717) is 11.9 Å². The van der Waals surface area contributed by atoms with Gasteiger partial charge in [0.1, 0.15) is 0 Å². The first-order valence-corrected chi connectivity index (χ1v) is 6.76. The summed E-state index contributed by atoms with van der Waals surface area (Å²) in [5, 5.41) is 15.6. The molecule has 0 bridgehead atoms. The highest BCUT2D eigenvalue weighted by molar-refractivity contribution is 7.09. The highest BCUT2D eigenvalue weighted by atomic mass is 32.1. The van der Waals surface area contributed by atoms with Gasteiger partial charge in [-0.05, 0) is 12.1 Å². The van der Waals surface area contributed by atoms with Gasteiger partial charge in [-0.15, -0.1) is 11.3 Å². The Labute approximate surface area is 118 Å². The molecule has 1 N–H and O–H groups in total. The molecule has 6 nitrogen and oxygen atoms in total. The van der Waals surface area contributed by atoms with Crippen LogP contribution in [0.15, 0.2) is 42.3 Å². The number of rotatable bonds is 4. The summed E-state index contributed by atoms with van der Waals surface area (Å²) in [6.45, 7) is 0.631. The first kappa shape index (κ1) is 12.5. The van der Waals surface area contributed by atoms with Gasteiger partial charge in [-0.1, -0.05) is 0 Å². The first-order valence-electron chi connectivity index (χ1n) is 5.88. The Hall–Kier alpha value is -2.54. The molecular weight excluding hydrogens is 276 g/mol. The van der Waals surface area contributed by atoms with E-state index in [1.165, 1.54) is 6.07 Å². The minimum Gasteiger partial charge on any atom is -0.380 e. The number of nitrogens with zero attached hydrogens (tertiary/aromatic N) is 3. The zero-order valence-corrected chi connectivity index (χ0v) is 11.1. The van der Waals surface area contributed by atoms with Gasteiger partial charge in [0.15, 0.2) is 0 Å². The van der Waals surface area contributed by atoms with Gasteiger partial charge in [0.25, 0.3) is 5.69 Å². The topological polar surface area (TPSA) is 81.0 Å². The number of thiazole rings is 1. The Balaban J connectivity index is 1.99. The summed E-state index contributed by atoms with van der Waals surface area (Å²) in [7, 11) is 0. The second-order valence-electron chi connectivity index (χ2n) is 4.13. The van der Waals surface area contributed by atoms with E-state index in [0.717, 1.165) is 16.0 Å². The van der Waals surface area contributed by atoms with Gasteiger partial charge in [-0.2, -0.15) is 0 Å². The summed E-state index contributed by atoms with van der Waals surface area (Å²) in [6, 6.07) is 4.88. The summed E-state index contributed by atoms with van der Waals surface area (Å²) >= 11 is 1.56. The number of nitro groups is 1. The molecule has 0 spiro atoms. The predicted octanol–water partition coefficient (Wildman–Crippen LogP) is 3.21. The van der Waals surface area contributed by atoms with E-state index in [2.05, 4.69) is 15.3 Å². The molecule has 3 aromatic rings. The smallest absolute Gasteiger partial charge is 0.277 e. The average molecular weight is 286 g/mol. The van der Waals surface area contributed by atoms with Gasteiger partial charge < -0.3 is 5.32 Å². The van der Waals surface area contributed by atoms with Crippen LogP contribution < -0.4 is 5.32 Å². The molecule has 0 fully saturated rings. The van der Waals surface area contributed by atoms with Crippen LogP contribution in [-0.2, 0) is 6.54 Å². The lowest BCUT2D eigenvalue weighted by atomic mass is 10.1. The van der Waals surface area contributed by atoms with E-state index in [4.69, 9.17) is 0 Å². The second-order valence-corrected chi connectivity index (χ2v) is 5.10. The molecule has 7 heteroatoms. The highest BCUT2D eigenvalue weighted by Crippen LogP contribution is 2.30. The molecule has 0 unspecified atom stereocenters. The Morgan fingerprint density at radius 1 is 1.20 bits per heavy atom. The van der Waals surface area contributed by atoms with Crippen molar-refractivity contribution >= 4 is 33.5 Å². The van der Waals surface area contributed by atoms with Crippen molar-refractivity contribution in [2.24, 2.45) is 0 Å². The molecule has 0 saturated carbocycles. The fourth-order valence-electron chi connectivity index (χ4n) is 2.00. The van der Waals surface area contributed by atoms with Crippen molar-refractivity contribution in [1.29, 1.82) is 0 Å². The number of non-ortho nitro benzene ring substituents is 1. The van der Waals surface area contributed by atoms with Crippen LogP contribution in [0, 0.1) is 10.1 Å². The Bertz CT molecular complexity index is 758. The number of aromatic nitrogens is 2. The van der Waals surface area contributed by atoms with Crippen LogP contribution >= 0.6 is 11.3 Å². The van der Waals surface area contributed by atoms with E-state index in [1.807, 2.05) is 0 Å². The summed E-state index contributed by atoms with van der Waals surface area (Å²) < 4.78 is 0. The maximum atomic E-state index is 11.0.